The Kier molecular flexibility index (Phi) is 5.49. The molecule has 2 amide bonds. The van der Waals surface area contributed by atoms with Gasteiger partial charge in [0.05, 0.1) is 12.2 Å². The van der Waals surface area contributed by atoms with E-state index in [0.717, 1.165) is 28.7 Å². The summed E-state index contributed by atoms with van der Waals surface area (Å²) in [6, 6.07) is 9.54. The predicted octanol–water partition coefficient (Wildman–Crippen LogP) is 3.11. The molecule has 5 nitrogen and oxygen atoms in total. The normalized spacial score (nSPS) is 14.1. The van der Waals surface area contributed by atoms with Crippen molar-refractivity contribution < 1.29 is 14.3 Å². The minimum Gasteiger partial charge on any atom is -0.492 e. The average molecular weight is 366 g/mol. The lowest BCUT2D eigenvalue weighted by Crippen LogP contribution is -2.31. The van der Waals surface area contributed by atoms with E-state index in [1.165, 1.54) is 0 Å². The third-order valence-corrected chi connectivity index (χ3v) is 5.25. The van der Waals surface area contributed by atoms with E-state index >= 15 is 0 Å². The van der Waals surface area contributed by atoms with Crippen molar-refractivity contribution in [1.29, 1.82) is 0 Å². The number of hydrogen-bond acceptors (Lipinski definition) is 3. The van der Waals surface area contributed by atoms with Gasteiger partial charge in [0.15, 0.2) is 0 Å². The molecule has 0 unspecified atom stereocenters. The molecule has 2 aromatic carbocycles. The van der Waals surface area contributed by atoms with Crippen LogP contribution in [0.25, 0.3) is 0 Å². The molecule has 142 valence electrons. The quantitative estimate of drug-likeness (QED) is 0.908. The molecule has 27 heavy (non-hydrogen) atoms. The Bertz CT molecular complexity index is 872. The minimum atomic E-state index is -0.0968. The molecule has 1 heterocycles. The van der Waals surface area contributed by atoms with Gasteiger partial charge in [-0.05, 0) is 67.1 Å². The van der Waals surface area contributed by atoms with Crippen molar-refractivity contribution in [3.8, 4) is 5.75 Å². The fourth-order valence-electron chi connectivity index (χ4n) is 3.41. The van der Waals surface area contributed by atoms with E-state index in [1.807, 2.05) is 44.3 Å². The molecule has 0 atom stereocenters. The van der Waals surface area contributed by atoms with Crippen LogP contribution < -0.4 is 10.1 Å². The van der Waals surface area contributed by atoms with Gasteiger partial charge in [-0.3, -0.25) is 9.59 Å². The van der Waals surface area contributed by atoms with E-state index in [2.05, 4.69) is 12.2 Å². The van der Waals surface area contributed by atoms with Crippen molar-refractivity contribution in [2.24, 2.45) is 0 Å². The topological polar surface area (TPSA) is 58.6 Å². The van der Waals surface area contributed by atoms with Gasteiger partial charge in [0, 0.05) is 26.2 Å². The van der Waals surface area contributed by atoms with Crippen molar-refractivity contribution in [3.05, 3.63) is 63.7 Å². The monoisotopic (exact) mass is 366 g/mol. The van der Waals surface area contributed by atoms with Gasteiger partial charge in [-0.25, -0.2) is 0 Å². The molecule has 0 saturated heterocycles. The van der Waals surface area contributed by atoms with Crippen molar-refractivity contribution in [2.75, 3.05) is 27.2 Å². The Morgan fingerprint density at radius 1 is 1.19 bits per heavy atom. The van der Waals surface area contributed by atoms with Crippen LogP contribution >= 0.6 is 0 Å². The third kappa shape index (κ3) is 3.82. The molecular formula is C22H26N2O3. The highest BCUT2D eigenvalue weighted by molar-refractivity contribution is 5.98. The van der Waals surface area contributed by atoms with Crippen molar-refractivity contribution in [1.82, 2.24) is 10.2 Å². The lowest BCUT2D eigenvalue weighted by molar-refractivity contribution is 0.0768. The predicted molar refractivity (Wildman–Crippen MR) is 106 cm³/mol. The Balaban J connectivity index is 1.96. The SMILES string of the molecule is CNC(=O)c1ccc(Cc2cc3c(c(C)c2C)OCCCN(C)C3=O)cc1. The van der Waals surface area contributed by atoms with Crippen molar-refractivity contribution >= 4 is 11.8 Å². The summed E-state index contributed by atoms with van der Waals surface area (Å²) in [5.41, 5.74) is 5.63. The second-order valence-electron chi connectivity index (χ2n) is 7.04. The number of carbonyl (C=O) groups is 2. The van der Waals surface area contributed by atoms with Crippen LogP contribution in [-0.4, -0.2) is 44.0 Å². The van der Waals surface area contributed by atoms with E-state index in [9.17, 15) is 9.59 Å². The highest BCUT2D eigenvalue weighted by Crippen LogP contribution is 2.32. The van der Waals surface area contributed by atoms with Gasteiger partial charge in [-0.2, -0.15) is 0 Å². The third-order valence-electron chi connectivity index (χ3n) is 5.25. The van der Waals surface area contributed by atoms with Crippen LogP contribution in [0, 0.1) is 13.8 Å². The minimum absolute atomic E-state index is 0.00372. The van der Waals surface area contributed by atoms with Gasteiger partial charge in [0.25, 0.3) is 11.8 Å². The molecule has 5 heteroatoms. The zero-order valence-corrected chi connectivity index (χ0v) is 16.4. The smallest absolute Gasteiger partial charge is 0.257 e. The van der Waals surface area contributed by atoms with E-state index in [0.29, 0.717) is 36.4 Å². The highest BCUT2D eigenvalue weighted by atomic mass is 16.5. The molecule has 0 saturated carbocycles. The first-order valence-corrected chi connectivity index (χ1v) is 9.24. The van der Waals surface area contributed by atoms with Gasteiger partial charge in [-0.1, -0.05) is 12.1 Å². The molecular weight excluding hydrogens is 340 g/mol. The van der Waals surface area contributed by atoms with Gasteiger partial charge in [-0.15, -0.1) is 0 Å². The van der Waals surface area contributed by atoms with Gasteiger partial charge in [0.2, 0.25) is 0 Å². The summed E-state index contributed by atoms with van der Waals surface area (Å²) in [6.07, 6.45) is 1.53. The molecule has 0 aliphatic carbocycles. The summed E-state index contributed by atoms with van der Waals surface area (Å²) >= 11 is 0. The summed E-state index contributed by atoms with van der Waals surface area (Å²) in [6.45, 7) is 5.40. The van der Waals surface area contributed by atoms with Crippen molar-refractivity contribution in [3.63, 3.8) is 0 Å². The molecule has 0 bridgehead atoms. The van der Waals surface area contributed by atoms with Gasteiger partial charge in [0.1, 0.15) is 5.75 Å². The summed E-state index contributed by atoms with van der Waals surface area (Å²) in [7, 11) is 3.46. The van der Waals surface area contributed by atoms with Crippen LogP contribution in [0.5, 0.6) is 5.75 Å². The Morgan fingerprint density at radius 3 is 2.56 bits per heavy atom. The summed E-state index contributed by atoms with van der Waals surface area (Å²) in [5, 5.41) is 2.63. The zero-order chi connectivity index (χ0) is 19.6. The van der Waals surface area contributed by atoms with E-state index in [4.69, 9.17) is 4.74 Å². The Labute approximate surface area is 160 Å². The number of amides is 2. The van der Waals surface area contributed by atoms with Gasteiger partial charge >= 0.3 is 0 Å². The summed E-state index contributed by atoms with van der Waals surface area (Å²) < 4.78 is 5.93. The molecule has 0 spiro atoms. The van der Waals surface area contributed by atoms with Crippen LogP contribution in [0.4, 0.5) is 0 Å². The van der Waals surface area contributed by atoms with Crippen LogP contribution in [0.3, 0.4) is 0 Å². The number of hydrogen-bond donors (Lipinski definition) is 1. The molecule has 0 fully saturated rings. The van der Waals surface area contributed by atoms with Crippen molar-refractivity contribution in [2.45, 2.75) is 26.7 Å². The average Bonchev–Trinajstić information content (AvgIpc) is 2.68. The highest BCUT2D eigenvalue weighted by Gasteiger charge is 2.23. The number of ether oxygens (including phenoxy) is 1. The maximum Gasteiger partial charge on any atom is 0.257 e. The summed E-state index contributed by atoms with van der Waals surface area (Å²) in [5.74, 6) is 0.618. The van der Waals surface area contributed by atoms with Crippen LogP contribution in [-0.2, 0) is 6.42 Å². The zero-order valence-electron chi connectivity index (χ0n) is 16.4. The number of nitrogens with zero attached hydrogens (tertiary/aromatic N) is 1. The molecule has 1 aliphatic heterocycles. The first-order valence-electron chi connectivity index (χ1n) is 9.24. The van der Waals surface area contributed by atoms with E-state index in [-0.39, 0.29) is 11.8 Å². The summed E-state index contributed by atoms with van der Waals surface area (Å²) in [4.78, 5) is 26.3. The number of nitrogens with one attached hydrogen (secondary N) is 1. The largest absolute Gasteiger partial charge is 0.492 e. The lowest BCUT2D eigenvalue weighted by Gasteiger charge is -2.25. The first-order chi connectivity index (χ1) is 12.9. The molecule has 1 aliphatic rings. The molecule has 0 aromatic heterocycles. The number of carbonyl (C=O) groups excluding carboxylic acids is 2. The molecule has 1 N–H and O–H groups in total. The second kappa shape index (κ2) is 7.82. The fraction of sp³-hybridized carbons (Fsp3) is 0.364. The maximum atomic E-state index is 12.8. The molecule has 3 rings (SSSR count). The van der Waals surface area contributed by atoms with Crippen LogP contribution in [0.15, 0.2) is 30.3 Å². The number of benzene rings is 2. The first kappa shape index (κ1) is 19.0. The van der Waals surface area contributed by atoms with Crippen LogP contribution in [0.2, 0.25) is 0 Å². The second-order valence-corrected chi connectivity index (χ2v) is 7.04. The van der Waals surface area contributed by atoms with Crippen LogP contribution in [0.1, 0.15) is 49.4 Å². The Hall–Kier alpha value is -2.82. The number of rotatable bonds is 3. The molecule has 0 radical (unpaired) electrons. The van der Waals surface area contributed by atoms with Gasteiger partial charge < -0.3 is 15.0 Å². The lowest BCUT2D eigenvalue weighted by atomic mass is 9.92. The van der Waals surface area contributed by atoms with E-state index in [1.54, 1.807) is 11.9 Å². The van der Waals surface area contributed by atoms with E-state index < -0.39 is 0 Å². The molecule has 2 aromatic rings. The Morgan fingerprint density at radius 2 is 1.89 bits per heavy atom. The fourth-order valence-corrected chi connectivity index (χ4v) is 3.41. The maximum absolute atomic E-state index is 12.8. The standard InChI is InChI=1S/C22H26N2O3/c1-14-15(2)20-19(22(26)24(4)10-5-11-27-20)13-18(14)12-16-6-8-17(9-7-16)21(25)23-3/h6-9,13H,5,10-12H2,1-4H3,(H,23,25). The number of fused-ring (bicyclic) bond motifs is 1.